The Bertz CT molecular complexity index is 389. The number of carbonyl (C=O) groups is 1. The SMILES string of the molecule is CCC1COCCN1C(=O)c1ccc(CN)o1. The zero-order valence-corrected chi connectivity index (χ0v) is 10.0. The molecule has 1 aromatic heterocycles. The van der Waals surface area contributed by atoms with Crippen LogP contribution in [0.15, 0.2) is 16.5 Å². The summed E-state index contributed by atoms with van der Waals surface area (Å²) >= 11 is 0. The fraction of sp³-hybridized carbons (Fsp3) is 0.583. The molecule has 1 unspecified atom stereocenters. The van der Waals surface area contributed by atoms with Crippen molar-refractivity contribution >= 4 is 5.91 Å². The van der Waals surface area contributed by atoms with E-state index in [2.05, 4.69) is 0 Å². The summed E-state index contributed by atoms with van der Waals surface area (Å²) in [5.41, 5.74) is 5.46. The summed E-state index contributed by atoms with van der Waals surface area (Å²) < 4.78 is 10.8. The van der Waals surface area contributed by atoms with Crippen molar-refractivity contribution in [3.05, 3.63) is 23.7 Å². The van der Waals surface area contributed by atoms with Crippen LogP contribution in [-0.2, 0) is 11.3 Å². The molecule has 94 valence electrons. The predicted octanol–water partition coefficient (Wildman–Crippen LogP) is 0.989. The maximum Gasteiger partial charge on any atom is 0.289 e. The number of ether oxygens (including phenoxy) is 1. The minimum Gasteiger partial charge on any atom is -0.455 e. The molecular formula is C12H18N2O3. The third-order valence-electron chi connectivity index (χ3n) is 3.03. The third kappa shape index (κ3) is 2.50. The number of rotatable bonds is 3. The van der Waals surface area contributed by atoms with Crippen LogP contribution in [0.25, 0.3) is 0 Å². The summed E-state index contributed by atoms with van der Waals surface area (Å²) in [5.74, 6) is 0.931. The van der Waals surface area contributed by atoms with E-state index in [0.29, 0.717) is 37.8 Å². The largest absolute Gasteiger partial charge is 0.455 e. The number of carbonyl (C=O) groups excluding carboxylic acids is 1. The van der Waals surface area contributed by atoms with E-state index in [0.717, 1.165) is 6.42 Å². The van der Waals surface area contributed by atoms with Crippen molar-refractivity contribution < 1.29 is 13.9 Å². The van der Waals surface area contributed by atoms with Crippen molar-refractivity contribution in [2.75, 3.05) is 19.8 Å². The first-order valence-electron chi connectivity index (χ1n) is 5.93. The highest BCUT2D eigenvalue weighted by atomic mass is 16.5. The molecule has 0 spiro atoms. The van der Waals surface area contributed by atoms with Gasteiger partial charge in [-0.1, -0.05) is 6.92 Å². The Morgan fingerprint density at radius 2 is 2.41 bits per heavy atom. The van der Waals surface area contributed by atoms with E-state index in [4.69, 9.17) is 14.9 Å². The Hall–Kier alpha value is -1.33. The van der Waals surface area contributed by atoms with Crippen LogP contribution in [-0.4, -0.2) is 36.6 Å². The van der Waals surface area contributed by atoms with Crippen molar-refractivity contribution in [1.29, 1.82) is 0 Å². The predicted molar refractivity (Wildman–Crippen MR) is 62.5 cm³/mol. The average molecular weight is 238 g/mol. The Kier molecular flexibility index (Phi) is 3.81. The van der Waals surface area contributed by atoms with Gasteiger partial charge in [-0.3, -0.25) is 4.79 Å². The number of morpholine rings is 1. The van der Waals surface area contributed by atoms with Gasteiger partial charge < -0.3 is 19.8 Å². The first-order valence-corrected chi connectivity index (χ1v) is 5.93. The molecule has 1 atom stereocenters. The fourth-order valence-electron chi connectivity index (χ4n) is 2.00. The molecule has 1 saturated heterocycles. The first kappa shape index (κ1) is 12.1. The van der Waals surface area contributed by atoms with Gasteiger partial charge in [-0.15, -0.1) is 0 Å². The van der Waals surface area contributed by atoms with Gasteiger partial charge in [-0.25, -0.2) is 0 Å². The van der Waals surface area contributed by atoms with Crippen LogP contribution in [0.1, 0.15) is 29.7 Å². The molecule has 5 nitrogen and oxygen atoms in total. The summed E-state index contributed by atoms with van der Waals surface area (Å²) in [6.07, 6.45) is 0.885. The van der Waals surface area contributed by atoms with Gasteiger partial charge in [0.2, 0.25) is 0 Å². The lowest BCUT2D eigenvalue weighted by Gasteiger charge is -2.34. The average Bonchev–Trinajstić information content (AvgIpc) is 2.86. The van der Waals surface area contributed by atoms with Gasteiger partial charge >= 0.3 is 0 Å². The Morgan fingerprint density at radius 1 is 1.59 bits per heavy atom. The smallest absolute Gasteiger partial charge is 0.289 e. The maximum atomic E-state index is 12.2. The second-order valence-corrected chi connectivity index (χ2v) is 4.11. The molecule has 0 radical (unpaired) electrons. The van der Waals surface area contributed by atoms with E-state index in [9.17, 15) is 4.79 Å². The highest BCUT2D eigenvalue weighted by Crippen LogP contribution is 2.16. The lowest BCUT2D eigenvalue weighted by molar-refractivity contribution is -0.00440. The number of furan rings is 1. The van der Waals surface area contributed by atoms with Crippen LogP contribution in [0.2, 0.25) is 0 Å². The summed E-state index contributed by atoms with van der Waals surface area (Å²) in [4.78, 5) is 14.1. The van der Waals surface area contributed by atoms with E-state index in [1.807, 2.05) is 11.8 Å². The Morgan fingerprint density at radius 3 is 3.06 bits per heavy atom. The van der Waals surface area contributed by atoms with Gasteiger partial charge in [0.15, 0.2) is 5.76 Å². The topological polar surface area (TPSA) is 68.7 Å². The molecule has 1 aromatic rings. The number of hydrogen-bond acceptors (Lipinski definition) is 4. The molecular weight excluding hydrogens is 220 g/mol. The minimum absolute atomic E-state index is 0.0696. The molecule has 0 bridgehead atoms. The van der Waals surface area contributed by atoms with Gasteiger partial charge in [0.1, 0.15) is 5.76 Å². The monoisotopic (exact) mass is 238 g/mol. The van der Waals surface area contributed by atoms with Gasteiger partial charge in [-0.05, 0) is 18.6 Å². The van der Waals surface area contributed by atoms with Crippen molar-refractivity contribution in [3.8, 4) is 0 Å². The van der Waals surface area contributed by atoms with Crippen LogP contribution in [0.3, 0.4) is 0 Å². The van der Waals surface area contributed by atoms with Crippen LogP contribution in [0, 0.1) is 0 Å². The molecule has 1 amide bonds. The summed E-state index contributed by atoms with van der Waals surface area (Å²) in [6, 6.07) is 3.57. The molecule has 1 aliphatic rings. The summed E-state index contributed by atoms with van der Waals surface area (Å²) in [6.45, 7) is 4.18. The second-order valence-electron chi connectivity index (χ2n) is 4.11. The fourth-order valence-corrected chi connectivity index (χ4v) is 2.00. The number of nitrogens with two attached hydrogens (primary N) is 1. The van der Waals surface area contributed by atoms with E-state index >= 15 is 0 Å². The van der Waals surface area contributed by atoms with Crippen molar-refractivity contribution in [1.82, 2.24) is 4.90 Å². The Labute approximate surface area is 101 Å². The minimum atomic E-state index is -0.0696. The Balaban J connectivity index is 2.12. The molecule has 0 aliphatic carbocycles. The maximum absolute atomic E-state index is 12.2. The van der Waals surface area contributed by atoms with E-state index in [1.165, 1.54) is 0 Å². The molecule has 0 aromatic carbocycles. The first-order chi connectivity index (χ1) is 8.26. The van der Waals surface area contributed by atoms with Gasteiger partial charge in [0, 0.05) is 6.54 Å². The molecule has 1 fully saturated rings. The number of hydrogen-bond donors (Lipinski definition) is 1. The molecule has 1 aliphatic heterocycles. The zero-order chi connectivity index (χ0) is 12.3. The standard InChI is InChI=1S/C12H18N2O3/c1-2-9-8-16-6-5-14(9)12(15)11-4-3-10(7-13)17-11/h3-4,9H,2,5-8,13H2,1H3. The van der Waals surface area contributed by atoms with Crippen molar-refractivity contribution in [2.24, 2.45) is 5.73 Å². The number of nitrogens with zero attached hydrogens (tertiary/aromatic N) is 1. The molecule has 2 heterocycles. The molecule has 2 N–H and O–H groups in total. The quantitative estimate of drug-likeness (QED) is 0.852. The molecule has 0 saturated carbocycles. The number of amides is 1. The summed E-state index contributed by atoms with van der Waals surface area (Å²) in [7, 11) is 0. The molecule has 5 heteroatoms. The van der Waals surface area contributed by atoms with Crippen LogP contribution >= 0.6 is 0 Å². The normalized spacial score (nSPS) is 20.6. The van der Waals surface area contributed by atoms with Crippen LogP contribution in [0.5, 0.6) is 0 Å². The zero-order valence-electron chi connectivity index (χ0n) is 10.0. The highest BCUT2D eigenvalue weighted by Gasteiger charge is 2.28. The van der Waals surface area contributed by atoms with Crippen LogP contribution in [0.4, 0.5) is 0 Å². The third-order valence-corrected chi connectivity index (χ3v) is 3.03. The van der Waals surface area contributed by atoms with Crippen LogP contribution < -0.4 is 5.73 Å². The van der Waals surface area contributed by atoms with E-state index < -0.39 is 0 Å². The molecule has 2 rings (SSSR count). The molecule has 17 heavy (non-hydrogen) atoms. The summed E-state index contributed by atoms with van der Waals surface area (Å²) in [5, 5.41) is 0. The van der Waals surface area contributed by atoms with Gasteiger partial charge in [0.05, 0.1) is 25.8 Å². The lowest BCUT2D eigenvalue weighted by Crippen LogP contribution is -2.48. The second kappa shape index (κ2) is 5.33. The van der Waals surface area contributed by atoms with Crippen molar-refractivity contribution in [2.45, 2.75) is 25.9 Å². The highest BCUT2D eigenvalue weighted by molar-refractivity contribution is 5.91. The van der Waals surface area contributed by atoms with Gasteiger partial charge in [-0.2, -0.15) is 0 Å². The van der Waals surface area contributed by atoms with E-state index in [-0.39, 0.29) is 11.9 Å². The van der Waals surface area contributed by atoms with Gasteiger partial charge in [0.25, 0.3) is 5.91 Å². The van der Waals surface area contributed by atoms with Crippen molar-refractivity contribution in [3.63, 3.8) is 0 Å². The lowest BCUT2D eigenvalue weighted by atomic mass is 10.1. The van der Waals surface area contributed by atoms with E-state index in [1.54, 1.807) is 12.1 Å².